The van der Waals surface area contributed by atoms with Gasteiger partial charge in [-0.1, -0.05) is 54.1 Å². The van der Waals surface area contributed by atoms with Crippen molar-refractivity contribution >= 4 is 56.7 Å². The summed E-state index contributed by atoms with van der Waals surface area (Å²) in [5.41, 5.74) is -0.167. The number of carbonyl (C=O) groups is 1. The first kappa shape index (κ1) is 23.7. The third-order valence-electron chi connectivity index (χ3n) is 4.87. The maximum atomic E-state index is 12.7. The Morgan fingerprint density at radius 2 is 1.68 bits per heavy atom. The summed E-state index contributed by atoms with van der Waals surface area (Å²) in [5.74, 6) is -1.20. The quantitative estimate of drug-likeness (QED) is 0.190. The highest BCUT2D eigenvalue weighted by Crippen LogP contribution is 2.31. The molecule has 0 bridgehead atoms. The second-order valence-electron chi connectivity index (χ2n) is 6.99. The summed E-state index contributed by atoms with van der Waals surface area (Å²) >= 11 is 18.3. The topological polar surface area (TPSA) is 105 Å². The molecule has 166 valence electrons. The van der Waals surface area contributed by atoms with Gasteiger partial charge in [0.2, 0.25) is 0 Å². The summed E-state index contributed by atoms with van der Waals surface area (Å²) in [6.45, 7) is 0. The van der Waals surface area contributed by atoms with Crippen LogP contribution in [0.1, 0.15) is 48.0 Å². The number of hydrogen-bond donors (Lipinski definition) is 2. The highest BCUT2D eigenvalue weighted by Gasteiger charge is 2.27. The number of rotatable bonds is 5. The molecule has 31 heavy (non-hydrogen) atoms. The largest absolute Gasteiger partial charge is 0.408 e. The second kappa shape index (κ2) is 10.1. The minimum Gasteiger partial charge on any atom is -0.408 e. The molecule has 3 rings (SSSR count). The summed E-state index contributed by atoms with van der Waals surface area (Å²) in [7, 11) is -4.39. The van der Waals surface area contributed by atoms with Gasteiger partial charge in [0, 0.05) is 11.1 Å². The first-order chi connectivity index (χ1) is 14.7. The lowest BCUT2D eigenvalue weighted by Crippen LogP contribution is -2.36. The highest BCUT2D eigenvalue weighted by molar-refractivity contribution is 7.87. The Balaban J connectivity index is 1.90. The van der Waals surface area contributed by atoms with Crippen LogP contribution in [0, 0.1) is 0 Å². The molecule has 2 N–H and O–H groups in total. The van der Waals surface area contributed by atoms with Crippen LogP contribution in [0.15, 0.2) is 46.4 Å². The fourth-order valence-electron chi connectivity index (χ4n) is 3.30. The molecule has 1 amide bonds. The van der Waals surface area contributed by atoms with E-state index in [2.05, 4.69) is 10.5 Å². The van der Waals surface area contributed by atoms with Crippen molar-refractivity contribution < 1.29 is 22.6 Å². The Morgan fingerprint density at radius 3 is 2.29 bits per heavy atom. The summed E-state index contributed by atoms with van der Waals surface area (Å²) in [6, 6.07) is 7.97. The van der Waals surface area contributed by atoms with Gasteiger partial charge in [-0.15, -0.1) is 0 Å². The molecular weight excluding hydrogens is 487 g/mol. The maximum absolute atomic E-state index is 12.7. The van der Waals surface area contributed by atoms with Crippen molar-refractivity contribution in [1.82, 2.24) is 5.32 Å². The van der Waals surface area contributed by atoms with Crippen LogP contribution in [0.25, 0.3) is 0 Å². The van der Waals surface area contributed by atoms with Gasteiger partial charge in [0.25, 0.3) is 11.8 Å². The van der Waals surface area contributed by atoms with Crippen LogP contribution in [0.2, 0.25) is 15.1 Å². The monoisotopic (exact) mass is 504 g/mol. The van der Waals surface area contributed by atoms with Crippen molar-refractivity contribution in [2.75, 3.05) is 0 Å². The van der Waals surface area contributed by atoms with E-state index in [4.69, 9.17) is 39.0 Å². The van der Waals surface area contributed by atoms with Crippen LogP contribution in [-0.4, -0.2) is 31.5 Å². The average Bonchev–Trinajstić information content (AvgIpc) is 2.74. The first-order valence-corrected chi connectivity index (χ1v) is 12.0. The van der Waals surface area contributed by atoms with Crippen LogP contribution in [0.5, 0.6) is 0 Å². The van der Waals surface area contributed by atoms with Crippen LogP contribution in [0.3, 0.4) is 0 Å². The van der Waals surface area contributed by atoms with Gasteiger partial charge in [-0.25, -0.2) is 0 Å². The van der Waals surface area contributed by atoms with Gasteiger partial charge >= 0.3 is 10.1 Å². The van der Waals surface area contributed by atoms with E-state index < -0.39 is 21.9 Å². The Labute approximate surface area is 195 Å². The molecule has 2 aromatic carbocycles. The molecule has 1 aliphatic carbocycles. The number of amides is 1. The van der Waals surface area contributed by atoms with Crippen LogP contribution >= 0.6 is 34.8 Å². The predicted molar refractivity (Wildman–Crippen MR) is 119 cm³/mol. The van der Waals surface area contributed by atoms with E-state index >= 15 is 0 Å². The van der Waals surface area contributed by atoms with Gasteiger partial charge in [-0.05, 0) is 54.4 Å². The fraction of sp³-hybridized carbons (Fsp3) is 0.300. The molecule has 0 aliphatic heterocycles. The number of nitrogens with one attached hydrogen (secondary N) is 1. The maximum Gasteiger partial charge on any atom is 0.340 e. The van der Waals surface area contributed by atoms with E-state index in [0.29, 0.717) is 5.02 Å². The number of nitrogens with zero attached hydrogens (tertiary/aromatic N) is 1. The molecule has 0 radical (unpaired) electrons. The summed E-state index contributed by atoms with van der Waals surface area (Å²) in [6.07, 6.45) is 4.93. The molecule has 11 heteroatoms. The third-order valence-corrected chi connectivity index (χ3v) is 7.06. The summed E-state index contributed by atoms with van der Waals surface area (Å²) in [4.78, 5) is 12.5. The lowest BCUT2D eigenvalue weighted by atomic mass is 9.95. The zero-order chi connectivity index (χ0) is 22.6. The molecule has 2 aromatic rings. The number of halogens is 3. The lowest BCUT2D eigenvalue weighted by molar-refractivity contribution is 0.0928. The molecule has 0 unspecified atom stereocenters. The lowest BCUT2D eigenvalue weighted by Gasteiger charge is -2.23. The van der Waals surface area contributed by atoms with E-state index in [1.807, 2.05) is 0 Å². The molecule has 1 saturated carbocycles. The SMILES string of the molecule is O=C(NC1CCCCC1)c1ccc(Cl)c(C(=NO)OS(=O)(=O)c2ccc(Cl)cc2)c1Cl. The molecular formula is C20H19Cl3N2O5S. The third kappa shape index (κ3) is 5.63. The average molecular weight is 506 g/mol. The second-order valence-corrected chi connectivity index (χ2v) is 9.76. The minimum atomic E-state index is -4.39. The molecule has 7 nitrogen and oxygen atoms in total. The van der Waals surface area contributed by atoms with Crippen molar-refractivity contribution in [2.45, 2.75) is 43.0 Å². The van der Waals surface area contributed by atoms with E-state index in [1.54, 1.807) is 0 Å². The minimum absolute atomic E-state index is 0.0314. The molecule has 0 atom stereocenters. The molecule has 1 fully saturated rings. The zero-order valence-electron chi connectivity index (χ0n) is 16.1. The zero-order valence-corrected chi connectivity index (χ0v) is 19.2. The van der Waals surface area contributed by atoms with Crippen molar-refractivity contribution in [3.63, 3.8) is 0 Å². The highest BCUT2D eigenvalue weighted by atomic mass is 35.5. The Bertz CT molecular complexity index is 1100. The summed E-state index contributed by atoms with van der Waals surface area (Å²) in [5, 5.41) is 15.3. The van der Waals surface area contributed by atoms with Gasteiger partial charge in [-0.3, -0.25) is 4.79 Å². The molecule has 0 spiro atoms. The Morgan fingerprint density at radius 1 is 1.03 bits per heavy atom. The van der Waals surface area contributed by atoms with Gasteiger partial charge in [-0.2, -0.15) is 8.42 Å². The van der Waals surface area contributed by atoms with E-state index in [-0.39, 0.29) is 32.1 Å². The van der Waals surface area contributed by atoms with Crippen molar-refractivity contribution in [2.24, 2.45) is 5.16 Å². The fourth-order valence-corrected chi connectivity index (χ4v) is 4.93. The number of hydrogen-bond acceptors (Lipinski definition) is 6. The number of carbonyl (C=O) groups excluding carboxylic acids is 1. The van der Waals surface area contributed by atoms with E-state index in [0.717, 1.165) is 32.1 Å². The Kier molecular flexibility index (Phi) is 7.69. The number of benzene rings is 2. The molecule has 1 aliphatic rings. The first-order valence-electron chi connectivity index (χ1n) is 9.44. The number of oxime groups is 1. The van der Waals surface area contributed by atoms with Gasteiger partial charge in [0.1, 0.15) is 4.90 Å². The van der Waals surface area contributed by atoms with Gasteiger partial charge < -0.3 is 14.7 Å². The van der Waals surface area contributed by atoms with Crippen LogP contribution in [0.4, 0.5) is 0 Å². The predicted octanol–water partition coefficient (Wildman–Crippen LogP) is 5.25. The van der Waals surface area contributed by atoms with Gasteiger partial charge in [0.05, 0.1) is 21.2 Å². The Hall–Kier alpha value is -2.00. The van der Waals surface area contributed by atoms with Crippen LogP contribution < -0.4 is 5.32 Å². The van der Waals surface area contributed by atoms with Crippen molar-refractivity contribution in [3.05, 3.63) is 62.6 Å². The van der Waals surface area contributed by atoms with E-state index in [1.165, 1.54) is 36.4 Å². The normalized spacial score (nSPS) is 15.5. The van der Waals surface area contributed by atoms with Crippen molar-refractivity contribution in [1.29, 1.82) is 0 Å². The smallest absolute Gasteiger partial charge is 0.340 e. The summed E-state index contributed by atoms with van der Waals surface area (Å²) < 4.78 is 30.1. The van der Waals surface area contributed by atoms with Crippen molar-refractivity contribution in [3.8, 4) is 0 Å². The van der Waals surface area contributed by atoms with Crippen LogP contribution in [-0.2, 0) is 14.3 Å². The van der Waals surface area contributed by atoms with E-state index in [9.17, 15) is 18.4 Å². The molecule has 0 heterocycles. The standard InChI is InChI=1S/C20H19Cl3N2O5S/c21-12-6-8-14(9-7-12)31(28,29)30-20(25-27)17-16(22)11-10-15(18(17)23)19(26)24-13-4-2-1-3-5-13/h6-11,13,27H,1-5H2,(H,24,26). The molecule has 0 saturated heterocycles. The molecule has 0 aromatic heterocycles. The van der Waals surface area contributed by atoms with Gasteiger partial charge in [0.15, 0.2) is 0 Å².